The SMILES string of the molecule is CC(=O)C(C=Nn1cc(-c2ccccc2)nc1N)=C(C)O. The Hall–Kier alpha value is -2.89. The summed E-state index contributed by atoms with van der Waals surface area (Å²) in [5.41, 5.74) is 7.52. The van der Waals surface area contributed by atoms with Gasteiger partial charge in [-0.3, -0.25) is 4.79 Å². The number of ketones is 1. The number of rotatable bonds is 4. The molecule has 0 bridgehead atoms. The first-order valence-corrected chi connectivity index (χ1v) is 6.34. The molecule has 0 aliphatic heterocycles. The van der Waals surface area contributed by atoms with Gasteiger partial charge in [-0.2, -0.15) is 5.10 Å². The Balaban J connectivity index is 2.33. The molecule has 0 atom stereocenters. The molecule has 0 radical (unpaired) electrons. The molecule has 0 saturated heterocycles. The first-order chi connectivity index (χ1) is 9.99. The van der Waals surface area contributed by atoms with Gasteiger partial charge in [0.15, 0.2) is 5.78 Å². The molecule has 21 heavy (non-hydrogen) atoms. The van der Waals surface area contributed by atoms with Crippen molar-refractivity contribution in [1.82, 2.24) is 9.66 Å². The molecule has 0 fully saturated rings. The van der Waals surface area contributed by atoms with Crippen molar-refractivity contribution in [2.45, 2.75) is 13.8 Å². The first-order valence-electron chi connectivity index (χ1n) is 6.34. The second-order valence-corrected chi connectivity index (χ2v) is 4.49. The molecular formula is C15H16N4O2. The summed E-state index contributed by atoms with van der Waals surface area (Å²) >= 11 is 0. The number of anilines is 1. The van der Waals surface area contributed by atoms with Crippen molar-refractivity contribution in [2.24, 2.45) is 5.10 Å². The van der Waals surface area contributed by atoms with E-state index in [9.17, 15) is 9.90 Å². The lowest BCUT2D eigenvalue weighted by atomic mass is 10.2. The number of carbonyl (C=O) groups is 1. The second-order valence-electron chi connectivity index (χ2n) is 4.49. The van der Waals surface area contributed by atoms with Crippen LogP contribution in [0.4, 0.5) is 5.95 Å². The van der Waals surface area contributed by atoms with Gasteiger partial charge >= 0.3 is 0 Å². The van der Waals surface area contributed by atoms with Crippen LogP contribution in [-0.2, 0) is 4.79 Å². The summed E-state index contributed by atoms with van der Waals surface area (Å²) in [6.45, 7) is 2.78. The minimum Gasteiger partial charge on any atom is -0.512 e. The van der Waals surface area contributed by atoms with Gasteiger partial charge in [0.05, 0.1) is 23.7 Å². The lowest BCUT2D eigenvalue weighted by molar-refractivity contribution is -0.113. The quantitative estimate of drug-likeness (QED) is 0.512. The number of aliphatic hydroxyl groups is 1. The number of aliphatic hydroxyl groups excluding tert-OH is 1. The van der Waals surface area contributed by atoms with Gasteiger partial charge in [-0.15, -0.1) is 0 Å². The van der Waals surface area contributed by atoms with E-state index >= 15 is 0 Å². The smallest absolute Gasteiger partial charge is 0.221 e. The maximum absolute atomic E-state index is 11.4. The van der Waals surface area contributed by atoms with Gasteiger partial charge in [0.1, 0.15) is 5.76 Å². The first kappa shape index (κ1) is 14.5. The van der Waals surface area contributed by atoms with Gasteiger partial charge in [-0.25, -0.2) is 9.66 Å². The van der Waals surface area contributed by atoms with E-state index in [1.165, 1.54) is 24.7 Å². The van der Waals surface area contributed by atoms with Gasteiger partial charge < -0.3 is 10.8 Å². The highest BCUT2D eigenvalue weighted by molar-refractivity contribution is 6.12. The van der Waals surface area contributed by atoms with Gasteiger partial charge in [0.25, 0.3) is 0 Å². The van der Waals surface area contributed by atoms with E-state index < -0.39 is 0 Å². The highest BCUT2D eigenvalue weighted by atomic mass is 16.3. The number of hydrogen-bond donors (Lipinski definition) is 2. The summed E-state index contributed by atoms with van der Waals surface area (Å²) in [6.07, 6.45) is 2.93. The number of hydrogen-bond acceptors (Lipinski definition) is 5. The maximum Gasteiger partial charge on any atom is 0.221 e. The fourth-order valence-electron chi connectivity index (χ4n) is 1.78. The number of nitrogen functional groups attached to an aromatic ring is 1. The van der Waals surface area contributed by atoms with E-state index in [0.29, 0.717) is 5.69 Å². The lowest BCUT2D eigenvalue weighted by Gasteiger charge is -1.98. The number of imidazole rings is 1. The van der Waals surface area contributed by atoms with E-state index in [1.807, 2.05) is 30.3 Å². The Bertz CT molecular complexity index is 711. The molecule has 0 amide bonds. The van der Waals surface area contributed by atoms with E-state index in [2.05, 4.69) is 10.1 Å². The Morgan fingerprint density at radius 2 is 2.00 bits per heavy atom. The van der Waals surface area contributed by atoms with Crippen LogP contribution >= 0.6 is 0 Å². The summed E-state index contributed by atoms with van der Waals surface area (Å²) in [6, 6.07) is 9.54. The van der Waals surface area contributed by atoms with Crippen LogP contribution in [0.15, 0.2) is 53.0 Å². The fourth-order valence-corrected chi connectivity index (χ4v) is 1.78. The summed E-state index contributed by atoms with van der Waals surface area (Å²) in [5.74, 6) is -0.169. The van der Waals surface area contributed by atoms with Crippen molar-refractivity contribution >= 4 is 17.9 Å². The molecule has 0 aliphatic rings. The number of nitrogens with two attached hydrogens (primary N) is 1. The van der Waals surface area contributed by atoms with Gasteiger partial charge in [-0.1, -0.05) is 30.3 Å². The lowest BCUT2D eigenvalue weighted by Crippen LogP contribution is -2.04. The van der Waals surface area contributed by atoms with Crippen molar-refractivity contribution in [3.63, 3.8) is 0 Å². The van der Waals surface area contributed by atoms with Crippen LogP contribution < -0.4 is 5.73 Å². The Morgan fingerprint density at radius 1 is 1.33 bits per heavy atom. The normalized spacial score (nSPS) is 12.5. The number of carbonyl (C=O) groups excluding carboxylic acids is 1. The number of Topliss-reactive ketones (excluding diaryl/α,β-unsaturated/α-hetero) is 1. The minimum absolute atomic E-state index is 0.0896. The Morgan fingerprint density at radius 3 is 2.57 bits per heavy atom. The molecule has 0 aliphatic carbocycles. The van der Waals surface area contributed by atoms with Crippen molar-refractivity contribution in [3.05, 3.63) is 47.9 Å². The molecule has 108 valence electrons. The molecule has 3 N–H and O–H groups in total. The van der Waals surface area contributed by atoms with E-state index in [1.54, 1.807) is 6.20 Å². The van der Waals surface area contributed by atoms with Crippen LogP contribution in [0.1, 0.15) is 13.8 Å². The predicted octanol–water partition coefficient (Wildman–Crippen LogP) is 2.39. The van der Waals surface area contributed by atoms with Gasteiger partial charge in [-0.05, 0) is 13.8 Å². The molecule has 0 saturated carbocycles. The third-order valence-electron chi connectivity index (χ3n) is 2.86. The zero-order valence-electron chi connectivity index (χ0n) is 11.8. The predicted molar refractivity (Wildman–Crippen MR) is 82.0 cm³/mol. The zero-order valence-corrected chi connectivity index (χ0v) is 11.8. The molecule has 1 aromatic carbocycles. The minimum atomic E-state index is -0.277. The highest BCUT2D eigenvalue weighted by Gasteiger charge is 2.08. The van der Waals surface area contributed by atoms with Crippen molar-refractivity contribution in [3.8, 4) is 11.3 Å². The molecule has 2 rings (SSSR count). The van der Waals surface area contributed by atoms with Crippen LogP contribution in [0.25, 0.3) is 11.3 Å². The molecule has 0 spiro atoms. The highest BCUT2D eigenvalue weighted by Crippen LogP contribution is 2.19. The monoisotopic (exact) mass is 284 g/mol. The second kappa shape index (κ2) is 6.04. The fraction of sp³-hybridized carbons (Fsp3) is 0.133. The largest absolute Gasteiger partial charge is 0.512 e. The maximum atomic E-state index is 11.4. The Kier molecular flexibility index (Phi) is 4.18. The van der Waals surface area contributed by atoms with Crippen LogP contribution in [0.3, 0.4) is 0 Å². The van der Waals surface area contributed by atoms with Crippen molar-refractivity contribution in [1.29, 1.82) is 0 Å². The average Bonchev–Trinajstić information content (AvgIpc) is 2.81. The van der Waals surface area contributed by atoms with Crippen LogP contribution in [0.5, 0.6) is 0 Å². The summed E-state index contributed by atoms with van der Waals surface area (Å²) < 4.78 is 1.36. The van der Waals surface area contributed by atoms with Crippen LogP contribution in [0.2, 0.25) is 0 Å². The topological polar surface area (TPSA) is 93.5 Å². The standard InChI is InChI=1S/C15H16N4O2/c1-10(20)13(11(2)21)8-17-19-9-14(18-15(19)16)12-6-4-3-5-7-12/h3-9,20H,1-2H3,(H2,16,18). The van der Waals surface area contributed by atoms with Crippen molar-refractivity contribution in [2.75, 3.05) is 5.73 Å². The number of allylic oxidation sites excluding steroid dienone is 2. The molecular weight excluding hydrogens is 268 g/mol. The number of aromatic nitrogens is 2. The molecule has 1 aromatic heterocycles. The third-order valence-corrected chi connectivity index (χ3v) is 2.86. The molecule has 0 unspecified atom stereocenters. The molecule has 6 heteroatoms. The summed E-state index contributed by atoms with van der Waals surface area (Å²) in [7, 11) is 0. The Labute approximate surface area is 122 Å². The average molecular weight is 284 g/mol. The van der Waals surface area contributed by atoms with E-state index in [-0.39, 0.29) is 23.1 Å². The van der Waals surface area contributed by atoms with Gasteiger partial charge in [0, 0.05) is 5.56 Å². The molecule has 6 nitrogen and oxygen atoms in total. The van der Waals surface area contributed by atoms with Crippen molar-refractivity contribution < 1.29 is 9.90 Å². The third kappa shape index (κ3) is 3.36. The molecule has 1 heterocycles. The van der Waals surface area contributed by atoms with Crippen LogP contribution in [-0.4, -0.2) is 26.8 Å². The van der Waals surface area contributed by atoms with Crippen LogP contribution in [0, 0.1) is 0 Å². The van der Waals surface area contributed by atoms with E-state index in [4.69, 9.17) is 5.73 Å². The zero-order chi connectivity index (χ0) is 15.4. The van der Waals surface area contributed by atoms with Gasteiger partial charge in [0.2, 0.25) is 5.95 Å². The molecule has 2 aromatic rings. The van der Waals surface area contributed by atoms with E-state index in [0.717, 1.165) is 5.56 Å². The summed E-state index contributed by atoms with van der Waals surface area (Å²) in [4.78, 5) is 15.6. The number of nitrogens with zero attached hydrogens (tertiary/aromatic N) is 3. The number of benzene rings is 1. The summed E-state index contributed by atoms with van der Waals surface area (Å²) in [5, 5.41) is 13.5.